The van der Waals surface area contributed by atoms with E-state index >= 15 is 0 Å². The maximum absolute atomic E-state index is 12.3. The van der Waals surface area contributed by atoms with Gasteiger partial charge in [0.05, 0.1) is 0 Å². The van der Waals surface area contributed by atoms with Crippen LogP contribution >= 0.6 is 0 Å². The van der Waals surface area contributed by atoms with E-state index in [1.165, 1.54) is 0 Å². The standard InChI is InChI=1S/C16H10N2O/c17-10-4-5-12-8-9-15(18)14(11-12)16(19)13-6-2-1-3-7-13/h1-3,6-9,11H,18H2. The molecule has 0 bridgehead atoms. The lowest BCUT2D eigenvalue weighted by molar-refractivity contribution is 0.103. The van der Waals surface area contributed by atoms with Gasteiger partial charge in [-0.2, -0.15) is 5.26 Å². The summed E-state index contributed by atoms with van der Waals surface area (Å²) < 4.78 is 0. The van der Waals surface area contributed by atoms with Crippen molar-refractivity contribution in [2.24, 2.45) is 0 Å². The van der Waals surface area contributed by atoms with Crippen molar-refractivity contribution in [2.75, 3.05) is 5.73 Å². The molecule has 0 saturated heterocycles. The summed E-state index contributed by atoms with van der Waals surface area (Å²) in [5, 5.41) is 8.42. The molecule has 3 nitrogen and oxygen atoms in total. The van der Waals surface area contributed by atoms with Gasteiger partial charge in [-0.1, -0.05) is 36.3 Å². The maximum Gasteiger partial charge on any atom is 0.195 e. The summed E-state index contributed by atoms with van der Waals surface area (Å²) in [5.41, 5.74) is 7.78. The second kappa shape index (κ2) is 5.53. The van der Waals surface area contributed by atoms with Crippen molar-refractivity contribution in [3.05, 3.63) is 65.2 Å². The van der Waals surface area contributed by atoms with Gasteiger partial charge in [0.25, 0.3) is 0 Å². The summed E-state index contributed by atoms with van der Waals surface area (Å²) in [5.74, 6) is 4.79. The molecule has 19 heavy (non-hydrogen) atoms. The zero-order valence-corrected chi connectivity index (χ0v) is 10.1. The molecule has 0 radical (unpaired) electrons. The molecule has 90 valence electrons. The number of rotatable bonds is 2. The second-order valence-corrected chi connectivity index (χ2v) is 3.86. The average molecular weight is 246 g/mol. The van der Waals surface area contributed by atoms with E-state index in [0.29, 0.717) is 22.4 Å². The van der Waals surface area contributed by atoms with E-state index in [2.05, 4.69) is 11.8 Å². The first-order valence-electron chi connectivity index (χ1n) is 5.62. The van der Waals surface area contributed by atoms with Gasteiger partial charge in [0, 0.05) is 28.3 Å². The van der Waals surface area contributed by atoms with Crippen molar-refractivity contribution in [1.29, 1.82) is 5.26 Å². The van der Waals surface area contributed by atoms with Gasteiger partial charge in [0.15, 0.2) is 11.9 Å². The van der Waals surface area contributed by atoms with E-state index < -0.39 is 0 Å². The van der Waals surface area contributed by atoms with Crippen LogP contribution in [0.25, 0.3) is 0 Å². The molecule has 3 heteroatoms. The summed E-state index contributed by atoms with van der Waals surface area (Å²) in [6, 6.07) is 15.5. The Balaban J connectivity index is 2.45. The third-order valence-corrected chi connectivity index (χ3v) is 2.60. The van der Waals surface area contributed by atoms with Gasteiger partial charge >= 0.3 is 0 Å². The third kappa shape index (κ3) is 2.80. The fourth-order valence-corrected chi connectivity index (χ4v) is 1.68. The molecule has 2 rings (SSSR count). The van der Waals surface area contributed by atoms with Crippen molar-refractivity contribution in [1.82, 2.24) is 0 Å². The maximum atomic E-state index is 12.3. The molecule has 0 aliphatic rings. The molecule has 0 atom stereocenters. The van der Waals surface area contributed by atoms with Crippen LogP contribution in [0, 0.1) is 23.2 Å². The number of nitrogens with zero attached hydrogens (tertiary/aromatic N) is 1. The predicted octanol–water partition coefficient (Wildman–Crippen LogP) is 2.37. The fraction of sp³-hybridized carbons (Fsp3) is 0. The first-order valence-corrected chi connectivity index (χ1v) is 5.62. The SMILES string of the molecule is N#CC#Cc1ccc(N)c(C(=O)c2ccccc2)c1. The Bertz CT molecular complexity index is 716. The Morgan fingerprint density at radius 2 is 1.84 bits per heavy atom. The van der Waals surface area contributed by atoms with E-state index in [0.717, 1.165) is 0 Å². The van der Waals surface area contributed by atoms with Crippen LogP contribution in [0.3, 0.4) is 0 Å². The number of hydrogen-bond acceptors (Lipinski definition) is 3. The van der Waals surface area contributed by atoms with Crippen molar-refractivity contribution >= 4 is 11.5 Å². The highest BCUT2D eigenvalue weighted by Gasteiger charge is 2.12. The van der Waals surface area contributed by atoms with Crippen LogP contribution in [0.5, 0.6) is 0 Å². The lowest BCUT2D eigenvalue weighted by atomic mass is 10.00. The minimum Gasteiger partial charge on any atom is -0.398 e. The molecule has 0 aliphatic heterocycles. The topological polar surface area (TPSA) is 66.9 Å². The highest BCUT2D eigenvalue weighted by Crippen LogP contribution is 2.18. The lowest BCUT2D eigenvalue weighted by Gasteiger charge is -2.05. The van der Waals surface area contributed by atoms with Crippen LogP contribution in [0.2, 0.25) is 0 Å². The molecule has 0 spiro atoms. The van der Waals surface area contributed by atoms with E-state index in [-0.39, 0.29) is 5.78 Å². The number of nitrogens with two attached hydrogens (primary N) is 1. The number of benzene rings is 2. The van der Waals surface area contributed by atoms with Gasteiger partial charge in [-0.05, 0) is 18.2 Å². The highest BCUT2D eigenvalue weighted by atomic mass is 16.1. The van der Waals surface area contributed by atoms with E-state index in [1.807, 2.05) is 6.07 Å². The number of ketones is 1. The fourth-order valence-electron chi connectivity index (χ4n) is 1.68. The molecule has 0 aliphatic carbocycles. The monoisotopic (exact) mass is 246 g/mol. The number of nitrogen functional groups attached to an aromatic ring is 1. The van der Waals surface area contributed by atoms with Gasteiger partial charge in [0.2, 0.25) is 0 Å². The number of anilines is 1. The van der Waals surface area contributed by atoms with Gasteiger partial charge in [-0.25, -0.2) is 0 Å². The van der Waals surface area contributed by atoms with Gasteiger partial charge < -0.3 is 5.73 Å². The zero-order chi connectivity index (χ0) is 13.7. The largest absolute Gasteiger partial charge is 0.398 e. The Morgan fingerprint density at radius 1 is 1.11 bits per heavy atom. The van der Waals surface area contributed by atoms with Crippen LogP contribution < -0.4 is 5.73 Å². The van der Waals surface area contributed by atoms with E-state index in [9.17, 15) is 4.79 Å². The minimum atomic E-state index is -0.154. The van der Waals surface area contributed by atoms with Crippen LogP contribution in [-0.2, 0) is 0 Å². The molecule has 2 N–H and O–H groups in total. The van der Waals surface area contributed by atoms with Crippen LogP contribution in [0.4, 0.5) is 5.69 Å². The van der Waals surface area contributed by atoms with Crippen molar-refractivity contribution in [3.63, 3.8) is 0 Å². The van der Waals surface area contributed by atoms with Gasteiger partial charge in [-0.15, -0.1) is 0 Å². The van der Waals surface area contributed by atoms with Crippen molar-refractivity contribution in [3.8, 4) is 17.9 Å². The highest BCUT2D eigenvalue weighted by molar-refractivity contribution is 6.12. The first kappa shape index (κ1) is 12.4. The van der Waals surface area contributed by atoms with E-state index in [1.54, 1.807) is 48.5 Å². The van der Waals surface area contributed by atoms with E-state index in [4.69, 9.17) is 11.0 Å². The molecule has 0 amide bonds. The smallest absolute Gasteiger partial charge is 0.195 e. The molecule has 0 fully saturated rings. The van der Waals surface area contributed by atoms with Crippen LogP contribution in [0.15, 0.2) is 48.5 Å². The van der Waals surface area contributed by atoms with Crippen molar-refractivity contribution in [2.45, 2.75) is 0 Å². The zero-order valence-electron chi connectivity index (χ0n) is 10.1. The lowest BCUT2D eigenvalue weighted by Crippen LogP contribution is -2.05. The summed E-state index contributed by atoms with van der Waals surface area (Å²) in [6.45, 7) is 0. The minimum absolute atomic E-state index is 0.154. The molecular weight excluding hydrogens is 236 g/mol. The van der Waals surface area contributed by atoms with Crippen LogP contribution in [0.1, 0.15) is 21.5 Å². The normalized spacial score (nSPS) is 9.00. The number of hydrogen-bond donors (Lipinski definition) is 1. The third-order valence-electron chi connectivity index (χ3n) is 2.60. The molecule has 0 aromatic heterocycles. The summed E-state index contributed by atoms with van der Waals surface area (Å²) in [4.78, 5) is 12.3. The van der Waals surface area contributed by atoms with Crippen LogP contribution in [-0.4, -0.2) is 5.78 Å². The number of carbonyl (C=O) groups is 1. The summed E-state index contributed by atoms with van der Waals surface area (Å²) in [7, 11) is 0. The second-order valence-electron chi connectivity index (χ2n) is 3.86. The predicted molar refractivity (Wildman–Crippen MR) is 73.2 cm³/mol. The molecule has 0 heterocycles. The summed E-state index contributed by atoms with van der Waals surface area (Å²) >= 11 is 0. The quantitative estimate of drug-likeness (QED) is 0.502. The molecule has 2 aromatic carbocycles. The molecular formula is C16H10N2O. The Hall–Kier alpha value is -3.04. The Kier molecular flexibility index (Phi) is 3.61. The summed E-state index contributed by atoms with van der Waals surface area (Å²) in [6.07, 6.45) is 0. The van der Waals surface area contributed by atoms with Crippen molar-refractivity contribution < 1.29 is 4.79 Å². The number of nitriles is 1. The average Bonchev–Trinajstić information content (AvgIpc) is 2.46. The van der Waals surface area contributed by atoms with Gasteiger partial charge in [-0.3, -0.25) is 4.79 Å². The Morgan fingerprint density at radius 3 is 2.53 bits per heavy atom. The van der Waals surface area contributed by atoms with Gasteiger partial charge in [0.1, 0.15) is 0 Å². The molecule has 2 aromatic rings. The number of carbonyl (C=O) groups excluding carboxylic acids is 1. The molecule has 0 saturated carbocycles. The molecule has 0 unspecified atom stereocenters. The first-order chi connectivity index (χ1) is 9.22. The Labute approximate surface area is 111 Å².